The zero-order chi connectivity index (χ0) is 19.8. The molecule has 0 bridgehead atoms. The first-order valence-electron chi connectivity index (χ1n) is 8.69. The van der Waals surface area contributed by atoms with Crippen molar-refractivity contribution in [2.75, 3.05) is 24.5 Å². The van der Waals surface area contributed by atoms with Crippen molar-refractivity contribution in [1.82, 2.24) is 4.31 Å². The van der Waals surface area contributed by atoms with Gasteiger partial charge in [0.25, 0.3) is 5.91 Å². The highest BCUT2D eigenvalue weighted by atomic mass is 35.5. The third-order valence-electron chi connectivity index (χ3n) is 4.65. The SMILES string of the molecule is CCN(CC)S(=O)(=O)c1ccc2c(c1)CCCN2C(=O)c1cc(Cl)sc1Cl. The van der Waals surface area contributed by atoms with Gasteiger partial charge in [-0.3, -0.25) is 4.79 Å². The summed E-state index contributed by atoms with van der Waals surface area (Å²) in [7, 11) is -3.53. The van der Waals surface area contributed by atoms with Gasteiger partial charge in [-0.25, -0.2) is 8.42 Å². The van der Waals surface area contributed by atoms with Crippen LogP contribution in [-0.2, 0) is 16.4 Å². The number of hydrogen-bond acceptors (Lipinski definition) is 4. The van der Waals surface area contributed by atoms with Gasteiger partial charge in [0, 0.05) is 25.3 Å². The van der Waals surface area contributed by atoms with Crippen LogP contribution in [0.3, 0.4) is 0 Å². The van der Waals surface area contributed by atoms with Crippen LogP contribution in [0.2, 0.25) is 8.67 Å². The highest BCUT2D eigenvalue weighted by Gasteiger charge is 2.29. The topological polar surface area (TPSA) is 57.7 Å². The molecule has 0 N–H and O–H groups in total. The van der Waals surface area contributed by atoms with Gasteiger partial charge in [-0.2, -0.15) is 4.31 Å². The van der Waals surface area contributed by atoms with E-state index in [1.807, 2.05) is 13.8 Å². The maximum Gasteiger partial charge on any atom is 0.260 e. The number of anilines is 1. The summed E-state index contributed by atoms with van der Waals surface area (Å²) in [5, 5.41) is 0. The number of thiophene rings is 1. The maximum atomic E-state index is 12.9. The lowest BCUT2D eigenvalue weighted by Gasteiger charge is -2.30. The fourth-order valence-corrected chi connectivity index (χ4v) is 6.25. The average molecular weight is 447 g/mol. The second kappa shape index (κ2) is 8.09. The number of halogens is 2. The van der Waals surface area contributed by atoms with E-state index in [-0.39, 0.29) is 10.8 Å². The highest BCUT2D eigenvalue weighted by molar-refractivity contribution is 7.89. The molecule has 1 aromatic heterocycles. The van der Waals surface area contributed by atoms with Crippen LogP contribution >= 0.6 is 34.5 Å². The number of carbonyl (C=O) groups excluding carboxylic acids is 1. The molecule has 2 heterocycles. The number of carbonyl (C=O) groups is 1. The second-order valence-corrected chi connectivity index (χ2v) is 10.4. The molecule has 0 spiro atoms. The lowest BCUT2D eigenvalue weighted by Crippen LogP contribution is -2.36. The molecular weight excluding hydrogens is 427 g/mol. The number of benzene rings is 1. The lowest BCUT2D eigenvalue weighted by atomic mass is 10.0. The summed E-state index contributed by atoms with van der Waals surface area (Å²) in [6.45, 7) is 5.01. The second-order valence-electron chi connectivity index (χ2n) is 6.18. The highest BCUT2D eigenvalue weighted by Crippen LogP contribution is 2.36. The van der Waals surface area contributed by atoms with Crippen LogP contribution in [0.25, 0.3) is 0 Å². The summed E-state index contributed by atoms with van der Waals surface area (Å²) in [5.41, 5.74) is 1.95. The number of fused-ring (bicyclic) bond motifs is 1. The number of aryl methyl sites for hydroxylation is 1. The quantitative estimate of drug-likeness (QED) is 0.669. The summed E-state index contributed by atoms with van der Waals surface area (Å²) in [4.78, 5) is 14.9. The minimum atomic E-state index is -3.53. The molecule has 0 fully saturated rings. The zero-order valence-electron chi connectivity index (χ0n) is 15.0. The molecule has 3 rings (SSSR count). The smallest absolute Gasteiger partial charge is 0.260 e. The monoisotopic (exact) mass is 446 g/mol. The molecule has 1 amide bonds. The molecule has 9 heteroatoms. The predicted molar refractivity (Wildman–Crippen MR) is 111 cm³/mol. The minimum absolute atomic E-state index is 0.219. The largest absolute Gasteiger partial charge is 0.308 e. The molecule has 146 valence electrons. The van der Waals surface area contributed by atoms with E-state index in [0.29, 0.717) is 33.9 Å². The number of amides is 1. The van der Waals surface area contributed by atoms with Crippen molar-refractivity contribution in [3.05, 3.63) is 44.1 Å². The van der Waals surface area contributed by atoms with Crippen molar-refractivity contribution in [3.8, 4) is 0 Å². The van der Waals surface area contributed by atoms with E-state index in [0.717, 1.165) is 35.4 Å². The third-order valence-corrected chi connectivity index (χ3v) is 8.18. The first kappa shape index (κ1) is 20.6. The van der Waals surface area contributed by atoms with Gasteiger partial charge in [-0.05, 0) is 42.7 Å². The Kier molecular flexibility index (Phi) is 6.17. The van der Waals surface area contributed by atoms with Gasteiger partial charge in [-0.15, -0.1) is 11.3 Å². The summed E-state index contributed by atoms with van der Waals surface area (Å²) < 4.78 is 27.8. The van der Waals surface area contributed by atoms with Crippen LogP contribution in [0.5, 0.6) is 0 Å². The molecule has 1 aliphatic rings. The number of nitrogens with zero attached hydrogens (tertiary/aromatic N) is 2. The molecule has 0 atom stereocenters. The van der Waals surface area contributed by atoms with Gasteiger partial charge in [0.05, 0.1) is 14.8 Å². The maximum absolute atomic E-state index is 12.9. The Balaban J connectivity index is 1.98. The Morgan fingerprint density at radius 3 is 2.52 bits per heavy atom. The van der Waals surface area contributed by atoms with Crippen LogP contribution in [0.15, 0.2) is 29.2 Å². The van der Waals surface area contributed by atoms with Crippen molar-refractivity contribution < 1.29 is 13.2 Å². The van der Waals surface area contributed by atoms with E-state index >= 15 is 0 Å². The standard InChI is InChI=1S/C18H20Cl2N2O3S2/c1-3-21(4-2)27(24,25)13-7-8-15-12(10-13)6-5-9-22(15)18(23)14-11-16(19)26-17(14)20/h7-8,10-11H,3-6,9H2,1-2H3. The van der Waals surface area contributed by atoms with E-state index in [1.54, 1.807) is 29.2 Å². The van der Waals surface area contributed by atoms with Crippen molar-refractivity contribution >= 4 is 56.2 Å². The Labute approximate surface area is 173 Å². The first-order chi connectivity index (χ1) is 12.8. The first-order valence-corrected chi connectivity index (χ1v) is 11.7. The minimum Gasteiger partial charge on any atom is -0.308 e. The van der Waals surface area contributed by atoms with E-state index < -0.39 is 10.0 Å². The van der Waals surface area contributed by atoms with Crippen molar-refractivity contribution in [2.45, 2.75) is 31.6 Å². The van der Waals surface area contributed by atoms with Gasteiger partial charge in [0.15, 0.2) is 0 Å². The molecule has 5 nitrogen and oxygen atoms in total. The molecule has 1 aromatic carbocycles. The van der Waals surface area contributed by atoms with Gasteiger partial charge in [-0.1, -0.05) is 37.0 Å². The Morgan fingerprint density at radius 2 is 1.93 bits per heavy atom. The normalized spacial score (nSPS) is 14.5. The molecule has 0 saturated carbocycles. The van der Waals surface area contributed by atoms with E-state index in [4.69, 9.17) is 23.2 Å². The summed E-state index contributed by atoms with van der Waals surface area (Å²) >= 11 is 13.3. The summed E-state index contributed by atoms with van der Waals surface area (Å²) in [6, 6.07) is 6.54. The van der Waals surface area contributed by atoms with Crippen molar-refractivity contribution in [3.63, 3.8) is 0 Å². The van der Waals surface area contributed by atoms with Crippen molar-refractivity contribution in [2.24, 2.45) is 0 Å². The van der Waals surface area contributed by atoms with Crippen LogP contribution in [-0.4, -0.2) is 38.3 Å². The van der Waals surface area contributed by atoms with Gasteiger partial charge < -0.3 is 4.90 Å². The predicted octanol–water partition coefficient (Wildman–Crippen LogP) is 4.68. The van der Waals surface area contributed by atoms with Gasteiger partial charge >= 0.3 is 0 Å². The van der Waals surface area contributed by atoms with Crippen molar-refractivity contribution in [1.29, 1.82) is 0 Å². The third kappa shape index (κ3) is 3.89. The molecule has 0 aliphatic carbocycles. The number of rotatable bonds is 5. The molecular formula is C18H20Cl2N2O3S2. The van der Waals surface area contributed by atoms with E-state index in [9.17, 15) is 13.2 Å². The molecule has 27 heavy (non-hydrogen) atoms. The lowest BCUT2D eigenvalue weighted by molar-refractivity contribution is 0.0985. The molecule has 0 unspecified atom stereocenters. The molecule has 0 saturated heterocycles. The fraction of sp³-hybridized carbons (Fsp3) is 0.389. The Bertz CT molecular complexity index is 969. The van der Waals surface area contributed by atoms with Crippen LogP contribution in [0, 0.1) is 0 Å². The summed E-state index contributed by atoms with van der Waals surface area (Å²) in [5.74, 6) is -0.219. The van der Waals surface area contributed by atoms with E-state index in [2.05, 4.69) is 0 Å². The van der Waals surface area contributed by atoms with Crippen LogP contribution < -0.4 is 4.90 Å². The molecule has 1 aliphatic heterocycles. The van der Waals surface area contributed by atoms with Gasteiger partial charge in [0.1, 0.15) is 4.34 Å². The molecule has 0 radical (unpaired) electrons. The van der Waals surface area contributed by atoms with Crippen LogP contribution in [0.4, 0.5) is 5.69 Å². The fourth-order valence-electron chi connectivity index (χ4n) is 3.29. The molecule has 2 aromatic rings. The number of hydrogen-bond donors (Lipinski definition) is 0. The number of sulfonamides is 1. The van der Waals surface area contributed by atoms with E-state index in [1.165, 1.54) is 4.31 Å². The summed E-state index contributed by atoms with van der Waals surface area (Å²) in [6.07, 6.45) is 1.47. The zero-order valence-corrected chi connectivity index (χ0v) is 18.2. The van der Waals surface area contributed by atoms with Gasteiger partial charge in [0.2, 0.25) is 10.0 Å². The average Bonchev–Trinajstić information content (AvgIpc) is 2.99. The van der Waals surface area contributed by atoms with Crippen LogP contribution in [0.1, 0.15) is 36.2 Å². The Hall–Kier alpha value is -1.12. The Morgan fingerprint density at radius 1 is 1.22 bits per heavy atom.